The van der Waals surface area contributed by atoms with E-state index in [1.54, 1.807) is 0 Å². The summed E-state index contributed by atoms with van der Waals surface area (Å²) in [7, 11) is 3.82. The highest BCUT2D eigenvalue weighted by Gasteiger charge is 2.24. The number of nitrogens with zero attached hydrogens (tertiary/aromatic N) is 3. The Balaban J connectivity index is 0.00000180. The third kappa shape index (κ3) is 3.87. The Kier molecular flexibility index (Phi) is 7.55. The largest absolute Gasteiger partial charge is 0.341 e. The molecule has 0 saturated carbocycles. The molecule has 1 amide bonds. The summed E-state index contributed by atoms with van der Waals surface area (Å²) < 4.78 is 1.84. The highest BCUT2D eigenvalue weighted by Crippen LogP contribution is 2.15. The molecule has 1 saturated heterocycles. The van der Waals surface area contributed by atoms with E-state index in [-0.39, 0.29) is 30.7 Å². The summed E-state index contributed by atoms with van der Waals surface area (Å²) in [6.07, 6.45) is 1.51. The third-order valence-corrected chi connectivity index (χ3v) is 3.96. The highest BCUT2D eigenvalue weighted by molar-refractivity contribution is 5.85. The maximum Gasteiger partial charge on any atom is 0.227 e. The number of aryl methyl sites for hydroxylation is 2. The molecule has 1 unspecified atom stereocenters. The highest BCUT2D eigenvalue weighted by atomic mass is 35.5. The van der Waals surface area contributed by atoms with E-state index in [9.17, 15) is 4.79 Å². The van der Waals surface area contributed by atoms with E-state index < -0.39 is 0 Å². The topological polar surface area (TPSA) is 50.2 Å². The Hall–Kier alpha value is -0.780. The molecule has 2 rings (SSSR count). The Morgan fingerprint density at radius 2 is 2.10 bits per heavy atom. The van der Waals surface area contributed by atoms with Gasteiger partial charge in [0.15, 0.2) is 0 Å². The fourth-order valence-corrected chi connectivity index (χ4v) is 2.52. The predicted octanol–water partition coefficient (Wildman–Crippen LogP) is 1.24. The van der Waals surface area contributed by atoms with Crippen molar-refractivity contribution in [3.05, 3.63) is 17.0 Å². The number of hydrogen-bond acceptors (Lipinski definition) is 3. The monoisotopic (exact) mass is 322 g/mol. The molecule has 0 spiro atoms. The van der Waals surface area contributed by atoms with E-state index in [4.69, 9.17) is 0 Å². The minimum Gasteiger partial charge on any atom is -0.341 e. The summed E-state index contributed by atoms with van der Waals surface area (Å²) in [4.78, 5) is 14.2. The first kappa shape index (κ1) is 19.2. The van der Waals surface area contributed by atoms with Gasteiger partial charge in [-0.15, -0.1) is 24.8 Å². The number of halogens is 2. The lowest BCUT2D eigenvalue weighted by molar-refractivity contribution is -0.130. The summed E-state index contributed by atoms with van der Waals surface area (Å²) in [6.45, 7) is 5.90. The van der Waals surface area contributed by atoms with Gasteiger partial charge in [-0.1, -0.05) is 0 Å². The Labute approximate surface area is 132 Å². The van der Waals surface area contributed by atoms with Gasteiger partial charge in [-0.05, 0) is 26.8 Å². The molecule has 1 aliphatic rings. The van der Waals surface area contributed by atoms with Gasteiger partial charge in [0.2, 0.25) is 5.91 Å². The second-order valence-corrected chi connectivity index (χ2v) is 5.10. The van der Waals surface area contributed by atoms with E-state index in [1.165, 1.54) is 0 Å². The fraction of sp³-hybridized carbons (Fsp3) is 0.692. The van der Waals surface area contributed by atoms with Gasteiger partial charge in [0.05, 0.1) is 12.1 Å². The minimum absolute atomic E-state index is 0. The van der Waals surface area contributed by atoms with Crippen molar-refractivity contribution in [2.45, 2.75) is 32.7 Å². The van der Waals surface area contributed by atoms with Gasteiger partial charge in [-0.25, -0.2) is 0 Å². The van der Waals surface area contributed by atoms with Crippen LogP contribution in [0.25, 0.3) is 0 Å². The number of carbonyl (C=O) groups excluding carboxylic acids is 1. The first-order valence-corrected chi connectivity index (χ1v) is 6.46. The van der Waals surface area contributed by atoms with Crippen LogP contribution in [0.2, 0.25) is 0 Å². The zero-order valence-electron chi connectivity index (χ0n) is 12.5. The van der Waals surface area contributed by atoms with Gasteiger partial charge in [-0.3, -0.25) is 9.48 Å². The summed E-state index contributed by atoms with van der Waals surface area (Å²) in [5.74, 6) is 0.183. The van der Waals surface area contributed by atoms with Gasteiger partial charge in [0.25, 0.3) is 0 Å². The van der Waals surface area contributed by atoms with Crippen molar-refractivity contribution in [1.29, 1.82) is 0 Å². The zero-order chi connectivity index (χ0) is 13.3. The van der Waals surface area contributed by atoms with Gasteiger partial charge in [0, 0.05) is 37.9 Å². The number of amides is 1. The van der Waals surface area contributed by atoms with Crippen molar-refractivity contribution < 1.29 is 4.79 Å². The van der Waals surface area contributed by atoms with Crippen LogP contribution in [0.1, 0.15) is 23.4 Å². The van der Waals surface area contributed by atoms with Crippen LogP contribution in [0.5, 0.6) is 0 Å². The van der Waals surface area contributed by atoms with Crippen molar-refractivity contribution in [2.75, 3.05) is 20.1 Å². The Morgan fingerprint density at radius 1 is 1.45 bits per heavy atom. The van der Waals surface area contributed by atoms with E-state index in [1.807, 2.05) is 37.5 Å². The van der Waals surface area contributed by atoms with Crippen LogP contribution in [-0.4, -0.2) is 46.8 Å². The molecule has 0 radical (unpaired) electrons. The lowest BCUT2D eigenvalue weighted by atomic mass is 10.1. The minimum atomic E-state index is 0. The Morgan fingerprint density at radius 3 is 2.55 bits per heavy atom. The van der Waals surface area contributed by atoms with Crippen LogP contribution < -0.4 is 5.32 Å². The Bertz CT molecular complexity index is 455. The average molecular weight is 323 g/mol. The molecule has 1 aliphatic heterocycles. The number of likely N-dealkylation sites (N-methyl/N-ethyl adjacent to an activating group) is 1. The fourth-order valence-electron chi connectivity index (χ4n) is 2.52. The molecule has 20 heavy (non-hydrogen) atoms. The summed E-state index contributed by atoms with van der Waals surface area (Å²) >= 11 is 0. The molecule has 1 N–H and O–H groups in total. The third-order valence-electron chi connectivity index (χ3n) is 3.96. The summed E-state index contributed by atoms with van der Waals surface area (Å²) in [5, 5.41) is 7.64. The number of carbonyl (C=O) groups is 1. The van der Waals surface area contributed by atoms with Crippen LogP contribution in [0, 0.1) is 13.8 Å². The van der Waals surface area contributed by atoms with Gasteiger partial charge < -0.3 is 10.2 Å². The van der Waals surface area contributed by atoms with Crippen molar-refractivity contribution in [3.8, 4) is 0 Å². The normalized spacial score (nSPS) is 17.3. The predicted molar refractivity (Wildman–Crippen MR) is 84.9 cm³/mol. The van der Waals surface area contributed by atoms with E-state index >= 15 is 0 Å². The van der Waals surface area contributed by atoms with Crippen molar-refractivity contribution in [3.63, 3.8) is 0 Å². The first-order chi connectivity index (χ1) is 8.50. The summed E-state index contributed by atoms with van der Waals surface area (Å²) in [5.41, 5.74) is 3.11. The zero-order valence-corrected chi connectivity index (χ0v) is 14.1. The van der Waals surface area contributed by atoms with E-state index in [0.717, 1.165) is 36.5 Å². The first-order valence-electron chi connectivity index (χ1n) is 6.46. The van der Waals surface area contributed by atoms with Gasteiger partial charge in [0.1, 0.15) is 0 Å². The molecule has 0 aliphatic carbocycles. The number of hydrogen-bond donors (Lipinski definition) is 1. The quantitative estimate of drug-likeness (QED) is 0.911. The molecule has 2 heterocycles. The van der Waals surface area contributed by atoms with E-state index in [2.05, 4.69) is 10.4 Å². The van der Waals surface area contributed by atoms with E-state index in [0.29, 0.717) is 12.5 Å². The molecular weight excluding hydrogens is 299 g/mol. The van der Waals surface area contributed by atoms with Gasteiger partial charge in [-0.2, -0.15) is 5.10 Å². The van der Waals surface area contributed by atoms with Crippen LogP contribution >= 0.6 is 24.8 Å². The van der Waals surface area contributed by atoms with Gasteiger partial charge >= 0.3 is 0 Å². The van der Waals surface area contributed by atoms with Crippen molar-refractivity contribution in [2.24, 2.45) is 7.05 Å². The number of aromatic nitrogens is 2. The van der Waals surface area contributed by atoms with Crippen molar-refractivity contribution in [1.82, 2.24) is 20.0 Å². The van der Waals surface area contributed by atoms with Crippen LogP contribution in [-0.2, 0) is 18.3 Å². The molecule has 7 heteroatoms. The number of nitrogens with one attached hydrogen (secondary N) is 1. The summed E-state index contributed by atoms with van der Waals surface area (Å²) in [6, 6.07) is 0.342. The molecule has 1 aromatic rings. The number of rotatable bonds is 3. The van der Waals surface area contributed by atoms with Crippen molar-refractivity contribution >= 4 is 30.7 Å². The lowest BCUT2D eigenvalue weighted by Gasteiger charge is -2.23. The maximum absolute atomic E-state index is 12.3. The van der Waals surface area contributed by atoms with Crippen LogP contribution in [0.4, 0.5) is 0 Å². The molecule has 0 aromatic carbocycles. The lowest BCUT2D eigenvalue weighted by Crippen LogP contribution is -2.39. The SMILES string of the molecule is Cc1nn(C)c(C)c1CC(=O)N(C)C1CCNC1.Cl.Cl. The smallest absolute Gasteiger partial charge is 0.227 e. The maximum atomic E-state index is 12.3. The average Bonchev–Trinajstić information content (AvgIpc) is 2.93. The molecular formula is C13H24Cl2N4O. The van der Waals surface area contributed by atoms with Crippen LogP contribution in [0.3, 0.4) is 0 Å². The van der Waals surface area contributed by atoms with Crippen LogP contribution in [0.15, 0.2) is 0 Å². The standard InChI is InChI=1S/C13H22N4O.2ClH/c1-9-12(10(2)17(4)15-9)7-13(18)16(3)11-5-6-14-8-11;;/h11,14H,5-8H2,1-4H3;2*1H. The molecule has 5 nitrogen and oxygen atoms in total. The second kappa shape index (κ2) is 7.86. The molecule has 1 atom stereocenters. The second-order valence-electron chi connectivity index (χ2n) is 5.10. The molecule has 116 valence electrons. The molecule has 0 bridgehead atoms. The molecule has 1 aromatic heterocycles. The molecule has 1 fully saturated rings.